The Labute approximate surface area is 78.7 Å². The molecule has 1 aromatic carbocycles. The lowest BCUT2D eigenvalue weighted by atomic mass is 10.0. The lowest BCUT2D eigenvalue weighted by molar-refractivity contribution is 0.314. The molecular weight excluding hydrogens is 162 g/mol. The van der Waals surface area contributed by atoms with Gasteiger partial charge < -0.3 is 10.5 Å². The minimum atomic E-state index is 0.150. The maximum atomic E-state index is 6.04. The predicted molar refractivity (Wildman–Crippen MR) is 52.8 cm³/mol. The van der Waals surface area contributed by atoms with Gasteiger partial charge in [-0.15, -0.1) is 0 Å². The van der Waals surface area contributed by atoms with Gasteiger partial charge in [-0.05, 0) is 25.3 Å². The van der Waals surface area contributed by atoms with Gasteiger partial charge in [0.15, 0.2) is 0 Å². The van der Waals surface area contributed by atoms with Crippen molar-refractivity contribution in [2.45, 2.75) is 25.8 Å². The van der Waals surface area contributed by atoms with E-state index < -0.39 is 0 Å². The zero-order valence-electron chi connectivity index (χ0n) is 7.92. The smallest absolute Gasteiger partial charge is 0.126 e. The van der Waals surface area contributed by atoms with Crippen LogP contribution in [0, 0.1) is 6.92 Å². The zero-order valence-corrected chi connectivity index (χ0v) is 7.92. The number of nitrogens with two attached hydrogens (primary N) is 1. The van der Waals surface area contributed by atoms with Crippen LogP contribution in [0.4, 0.5) is 0 Å². The zero-order chi connectivity index (χ0) is 9.26. The second-order valence-electron chi connectivity index (χ2n) is 3.59. The van der Waals surface area contributed by atoms with E-state index in [0.29, 0.717) is 0 Å². The van der Waals surface area contributed by atoms with Crippen molar-refractivity contribution in [3.05, 3.63) is 29.3 Å². The molecule has 1 heterocycles. The summed E-state index contributed by atoms with van der Waals surface area (Å²) >= 11 is 0. The maximum absolute atomic E-state index is 6.04. The van der Waals surface area contributed by atoms with Gasteiger partial charge in [-0.2, -0.15) is 0 Å². The second-order valence-corrected chi connectivity index (χ2v) is 3.59. The number of hydrogen-bond donors (Lipinski definition) is 1. The molecule has 13 heavy (non-hydrogen) atoms. The molecule has 0 aromatic heterocycles. The highest BCUT2D eigenvalue weighted by Gasteiger charge is 2.16. The molecule has 0 amide bonds. The van der Waals surface area contributed by atoms with Crippen LogP contribution >= 0.6 is 0 Å². The van der Waals surface area contributed by atoms with Crippen LogP contribution in [0.15, 0.2) is 18.2 Å². The molecule has 0 aliphatic carbocycles. The number of benzene rings is 1. The fourth-order valence-corrected chi connectivity index (χ4v) is 1.80. The monoisotopic (exact) mass is 177 g/mol. The van der Waals surface area contributed by atoms with E-state index in [9.17, 15) is 0 Å². The fraction of sp³-hybridized carbons (Fsp3) is 0.455. The van der Waals surface area contributed by atoms with Crippen LogP contribution in [0.25, 0.3) is 0 Å². The van der Waals surface area contributed by atoms with Crippen LogP contribution in [0.1, 0.15) is 30.0 Å². The number of ether oxygens (including phenoxy) is 1. The molecule has 0 saturated carbocycles. The van der Waals surface area contributed by atoms with E-state index in [1.807, 2.05) is 6.07 Å². The van der Waals surface area contributed by atoms with Crippen molar-refractivity contribution >= 4 is 0 Å². The fourth-order valence-electron chi connectivity index (χ4n) is 1.80. The minimum absolute atomic E-state index is 0.150. The Bertz CT molecular complexity index is 309. The van der Waals surface area contributed by atoms with Gasteiger partial charge in [0.1, 0.15) is 5.75 Å². The summed E-state index contributed by atoms with van der Waals surface area (Å²) in [5.41, 5.74) is 8.39. The number of para-hydroxylation sites is 1. The molecule has 2 nitrogen and oxygen atoms in total. The molecular formula is C11H15NO. The van der Waals surface area contributed by atoms with Gasteiger partial charge >= 0.3 is 0 Å². The summed E-state index contributed by atoms with van der Waals surface area (Å²) in [6.45, 7) is 2.86. The first kappa shape index (κ1) is 8.57. The molecule has 2 N–H and O–H groups in total. The quantitative estimate of drug-likeness (QED) is 0.659. The van der Waals surface area contributed by atoms with Crippen LogP contribution < -0.4 is 10.5 Å². The molecule has 70 valence electrons. The van der Waals surface area contributed by atoms with E-state index >= 15 is 0 Å². The van der Waals surface area contributed by atoms with E-state index in [1.165, 1.54) is 5.56 Å². The molecule has 1 aromatic rings. The first-order valence-corrected chi connectivity index (χ1v) is 4.77. The van der Waals surface area contributed by atoms with Crippen LogP contribution in [0.2, 0.25) is 0 Å². The highest BCUT2D eigenvalue weighted by Crippen LogP contribution is 2.32. The molecule has 1 aliphatic rings. The van der Waals surface area contributed by atoms with Crippen LogP contribution in [0.3, 0.4) is 0 Å². The summed E-state index contributed by atoms with van der Waals surface area (Å²) in [6.07, 6.45) is 2.08. The third kappa shape index (κ3) is 1.54. The molecule has 2 heteroatoms. The second kappa shape index (κ2) is 3.38. The predicted octanol–water partition coefficient (Wildman–Crippen LogP) is 2.17. The van der Waals surface area contributed by atoms with E-state index in [-0.39, 0.29) is 6.04 Å². The molecule has 0 radical (unpaired) electrons. The average Bonchev–Trinajstić information content (AvgIpc) is 2.30. The van der Waals surface area contributed by atoms with Crippen LogP contribution in [-0.2, 0) is 0 Å². The normalized spacial score (nSPS) is 21.5. The SMILES string of the molecule is Cc1cccc2c1OCCCC2N. The van der Waals surface area contributed by atoms with Crippen molar-refractivity contribution in [3.63, 3.8) is 0 Å². The van der Waals surface area contributed by atoms with E-state index in [2.05, 4.69) is 19.1 Å². The van der Waals surface area contributed by atoms with Crippen molar-refractivity contribution in [2.24, 2.45) is 5.73 Å². The van der Waals surface area contributed by atoms with Gasteiger partial charge in [-0.25, -0.2) is 0 Å². The first-order chi connectivity index (χ1) is 6.29. The number of rotatable bonds is 0. The van der Waals surface area contributed by atoms with Gasteiger partial charge in [0.05, 0.1) is 6.61 Å². The standard InChI is InChI=1S/C11H15NO/c1-8-4-2-5-9-10(12)6-3-7-13-11(8)9/h2,4-5,10H,3,6-7,12H2,1H3. The third-order valence-electron chi connectivity index (χ3n) is 2.55. The summed E-state index contributed by atoms with van der Waals surface area (Å²) in [4.78, 5) is 0. The largest absolute Gasteiger partial charge is 0.493 e. The lowest BCUT2D eigenvalue weighted by Crippen LogP contribution is -2.09. The van der Waals surface area contributed by atoms with Crippen molar-refractivity contribution in [1.29, 1.82) is 0 Å². The lowest BCUT2D eigenvalue weighted by Gasteiger charge is -2.13. The van der Waals surface area contributed by atoms with Crippen molar-refractivity contribution < 1.29 is 4.74 Å². The molecule has 0 bridgehead atoms. The van der Waals surface area contributed by atoms with Gasteiger partial charge in [-0.3, -0.25) is 0 Å². The van der Waals surface area contributed by atoms with Gasteiger partial charge in [-0.1, -0.05) is 18.2 Å². The molecule has 0 saturated heterocycles. The van der Waals surface area contributed by atoms with Gasteiger partial charge in [0, 0.05) is 11.6 Å². The average molecular weight is 177 g/mol. The molecule has 1 unspecified atom stereocenters. The Morgan fingerprint density at radius 3 is 3.15 bits per heavy atom. The summed E-state index contributed by atoms with van der Waals surface area (Å²) in [6, 6.07) is 6.33. The molecule has 1 aliphatic heterocycles. The van der Waals surface area contributed by atoms with Gasteiger partial charge in [0.2, 0.25) is 0 Å². The topological polar surface area (TPSA) is 35.2 Å². The van der Waals surface area contributed by atoms with Crippen molar-refractivity contribution in [3.8, 4) is 5.75 Å². The van der Waals surface area contributed by atoms with Crippen molar-refractivity contribution in [2.75, 3.05) is 6.61 Å². The number of fused-ring (bicyclic) bond motifs is 1. The summed E-state index contributed by atoms with van der Waals surface area (Å²) in [7, 11) is 0. The van der Waals surface area contributed by atoms with Gasteiger partial charge in [0.25, 0.3) is 0 Å². The number of hydrogen-bond acceptors (Lipinski definition) is 2. The Balaban J connectivity index is 2.47. The highest BCUT2D eigenvalue weighted by atomic mass is 16.5. The van der Waals surface area contributed by atoms with E-state index in [4.69, 9.17) is 10.5 Å². The Morgan fingerprint density at radius 1 is 1.46 bits per heavy atom. The Hall–Kier alpha value is -1.02. The summed E-state index contributed by atoms with van der Waals surface area (Å²) in [5.74, 6) is 1.01. The molecule has 0 fully saturated rings. The van der Waals surface area contributed by atoms with E-state index in [1.54, 1.807) is 0 Å². The van der Waals surface area contributed by atoms with Crippen LogP contribution in [-0.4, -0.2) is 6.61 Å². The third-order valence-corrected chi connectivity index (χ3v) is 2.55. The Morgan fingerprint density at radius 2 is 2.31 bits per heavy atom. The summed E-state index contributed by atoms with van der Waals surface area (Å²) < 4.78 is 5.67. The molecule has 2 rings (SSSR count). The highest BCUT2D eigenvalue weighted by molar-refractivity contribution is 5.42. The minimum Gasteiger partial charge on any atom is -0.493 e. The van der Waals surface area contributed by atoms with Crippen molar-refractivity contribution in [1.82, 2.24) is 0 Å². The summed E-state index contributed by atoms with van der Waals surface area (Å²) in [5, 5.41) is 0. The Kier molecular flexibility index (Phi) is 2.23. The molecule has 0 spiro atoms. The molecule has 1 atom stereocenters. The van der Waals surface area contributed by atoms with E-state index in [0.717, 1.165) is 30.8 Å². The number of aryl methyl sites for hydroxylation is 1. The van der Waals surface area contributed by atoms with Crippen LogP contribution in [0.5, 0.6) is 5.75 Å². The maximum Gasteiger partial charge on any atom is 0.126 e. The first-order valence-electron chi connectivity index (χ1n) is 4.77.